The van der Waals surface area contributed by atoms with Gasteiger partial charge < -0.3 is 14.5 Å². The molecule has 1 aliphatic heterocycles. The van der Waals surface area contributed by atoms with Gasteiger partial charge >= 0.3 is 0 Å². The summed E-state index contributed by atoms with van der Waals surface area (Å²) < 4.78 is 7.05. The van der Waals surface area contributed by atoms with Crippen LogP contribution in [0.2, 0.25) is 0 Å². The first-order chi connectivity index (χ1) is 14.6. The highest BCUT2D eigenvalue weighted by molar-refractivity contribution is 5.76. The highest BCUT2D eigenvalue weighted by atomic mass is 16.5. The van der Waals surface area contributed by atoms with E-state index < -0.39 is 0 Å². The minimum absolute atomic E-state index is 0.198. The monoisotopic (exact) mass is 406 g/mol. The Morgan fingerprint density at radius 2 is 1.80 bits per heavy atom. The van der Waals surface area contributed by atoms with Gasteiger partial charge in [0.2, 0.25) is 5.91 Å². The van der Waals surface area contributed by atoms with Gasteiger partial charge in [-0.05, 0) is 31.0 Å². The maximum atomic E-state index is 12.6. The van der Waals surface area contributed by atoms with Crippen LogP contribution in [0.25, 0.3) is 5.82 Å². The predicted octanol–water partition coefficient (Wildman–Crippen LogP) is 2.26. The summed E-state index contributed by atoms with van der Waals surface area (Å²) in [6.45, 7) is 4.81. The summed E-state index contributed by atoms with van der Waals surface area (Å²) in [6.07, 6.45) is 6.58. The van der Waals surface area contributed by atoms with Crippen molar-refractivity contribution >= 4 is 11.7 Å². The highest BCUT2D eigenvalue weighted by Gasteiger charge is 2.22. The van der Waals surface area contributed by atoms with Crippen LogP contribution in [0.1, 0.15) is 17.8 Å². The summed E-state index contributed by atoms with van der Waals surface area (Å²) in [7, 11) is 1.65. The number of hydrogen-bond acceptors (Lipinski definition) is 6. The van der Waals surface area contributed by atoms with Gasteiger partial charge in [0, 0.05) is 51.1 Å². The standard InChI is InChI=1S/C22H26N6O2/c1-17-24-20(15-21(25-17)28-10-9-23-16-28)26-11-13-27(14-12-26)22(29)8-5-18-3-6-19(30-2)7-4-18/h3-4,6-7,9-10,15-16H,5,8,11-14H2,1-2H3. The van der Waals surface area contributed by atoms with Crippen LogP contribution < -0.4 is 9.64 Å². The van der Waals surface area contributed by atoms with E-state index in [1.54, 1.807) is 19.6 Å². The Kier molecular flexibility index (Phi) is 5.92. The van der Waals surface area contributed by atoms with E-state index in [2.05, 4.69) is 19.9 Å². The van der Waals surface area contributed by atoms with Crippen molar-refractivity contribution in [2.24, 2.45) is 0 Å². The lowest BCUT2D eigenvalue weighted by molar-refractivity contribution is -0.131. The molecule has 0 atom stereocenters. The third kappa shape index (κ3) is 4.59. The van der Waals surface area contributed by atoms with Gasteiger partial charge in [0.25, 0.3) is 0 Å². The van der Waals surface area contributed by atoms with Crippen LogP contribution in [-0.4, -0.2) is 63.6 Å². The molecule has 1 fully saturated rings. The molecule has 0 radical (unpaired) electrons. The Bertz CT molecular complexity index is 979. The summed E-state index contributed by atoms with van der Waals surface area (Å²) >= 11 is 0. The molecule has 0 spiro atoms. The largest absolute Gasteiger partial charge is 0.497 e. The molecule has 8 heteroatoms. The molecule has 1 amide bonds. The smallest absolute Gasteiger partial charge is 0.223 e. The van der Waals surface area contributed by atoms with Gasteiger partial charge in [-0.25, -0.2) is 15.0 Å². The number of carbonyl (C=O) groups excluding carboxylic acids is 1. The van der Waals surface area contributed by atoms with Gasteiger partial charge in [-0.2, -0.15) is 0 Å². The zero-order chi connectivity index (χ0) is 20.9. The molecular weight excluding hydrogens is 380 g/mol. The number of piperazine rings is 1. The second kappa shape index (κ2) is 8.94. The van der Waals surface area contributed by atoms with Gasteiger partial charge in [-0.15, -0.1) is 0 Å². The predicted molar refractivity (Wildman–Crippen MR) is 114 cm³/mol. The molecule has 0 aliphatic carbocycles. The number of rotatable bonds is 6. The highest BCUT2D eigenvalue weighted by Crippen LogP contribution is 2.18. The zero-order valence-electron chi connectivity index (χ0n) is 17.4. The third-order valence-electron chi connectivity index (χ3n) is 5.32. The molecule has 0 N–H and O–H groups in total. The number of benzene rings is 1. The molecule has 4 rings (SSSR count). The normalized spacial score (nSPS) is 14.1. The number of aromatic nitrogens is 4. The molecule has 1 aromatic carbocycles. The minimum atomic E-state index is 0.198. The van der Waals surface area contributed by atoms with Gasteiger partial charge in [0.05, 0.1) is 7.11 Å². The van der Waals surface area contributed by atoms with Crippen molar-refractivity contribution in [2.45, 2.75) is 19.8 Å². The van der Waals surface area contributed by atoms with Crippen LogP contribution in [0.4, 0.5) is 5.82 Å². The molecule has 1 saturated heterocycles. The van der Waals surface area contributed by atoms with Crippen LogP contribution in [0.3, 0.4) is 0 Å². The quantitative estimate of drug-likeness (QED) is 0.625. The lowest BCUT2D eigenvalue weighted by Gasteiger charge is -2.35. The second-order valence-corrected chi connectivity index (χ2v) is 7.32. The maximum Gasteiger partial charge on any atom is 0.223 e. The number of anilines is 1. The van der Waals surface area contributed by atoms with E-state index in [1.807, 2.05) is 52.9 Å². The van der Waals surface area contributed by atoms with Crippen molar-refractivity contribution < 1.29 is 9.53 Å². The van der Waals surface area contributed by atoms with E-state index >= 15 is 0 Å². The van der Waals surface area contributed by atoms with Crippen molar-refractivity contribution in [3.63, 3.8) is 0 Å². The van der Waals surface area contributed by atoms with Gasteiger partial charge in [0.15, 0.2) is 0 Å². The minimum Gasteiger partial charge on any atom is -0.497 e. The van der Waals surface area contributed by atoms with Gasteiger partial charge in [0.1, 0.15) is 29.5 Å². The molecule has 3 aromatic rings. The first-order valence-electron chi connectivity index (χ1n) is 10.1. The van der Waals surface area contributed by atoms with E-state index in [0.717, 1.165) is 42.5 Å². The van der Waals surface area contributed by atoms with Gasteiger partial charge in [-0.3, -0.25) is 9.36 Å². The number of aryl methyl sites for hydroxylation is 2. The molecule has 1 aliphatic rings. The third-order valence-corrected chi connectivity index (χ3v) is 5.32. The summed E-state index contributed by atoms with van der Waals surface area (Å²) in [6, 6.07) is 9.86. The topological polar surface area (TPSA) is 76.4 Å². The van der Waals surface area contributed by atoms with E-state index in [-0.39, 0.29) is 5.91 Å². The summed E-state index contributed by atoms with van der Waals surface area (Å²) in [5.41, 5.74) is 1.14. The molecule has 0 saturated carbocycles. The summed E-state index contributed by atoms with van der Waals surface area (Å²) in [4.78, 5) is 30.0. The van der Waals surface area contributed by atoms with Gasteiger partial charge in [-0.1, -0.05) is 12.1 Å². The Hall–Kier alpha value is -3.42. The fraction of sp³-hybridized carbons (Fsp3) is 0.364. The van der Waals surface area contributed by atoms with Crippen LogP contribution >= 0.6 is 0 Å². The van der Waals surface area contributed by atoms with Crippen LogP contribution in [0.5, 0.6) is 5.75 Å². The number of imidazole rings is 1. The van der Waals surface area contributed by atoms with Crippen molar-refractivity contribution in [3.05, 3.63) is 60.4 Å². The maximum absolute atomic E-state index is 12.6. The first kappa shape index (κ1) is 19.9. The summed E-state index contributed by atoms with van der Waals surface area (Å²) in [5.74, 6) is 3.43. The molecular formula is C22H26N6O2. The number of ether oxygens (including phenoxy) is 1. The fourth-order valence-electron chi connectivity index (χ4n) is 3.61. The Labute approximate surface area is 176 Å². The van der Waals surface area contributed by atoms with Crippen LogP contribution in [0, 0.1) is 6.92 Å². The Balaban J connectivity index is 1.32. The molecule has 3 heterocycles. The van der Waals surface area contributed by atoms with Crippen molar-refractivity contribution in [1.82, 2.24) is 24.4 Å². The van der Waals surface area contributed by atoms with E-state index in [1.165, 1.54) is 0 Å². The molecule has 8 nitrogen and oxygen atoms in total. The summed E-state index contributed by atoms with van der Waals surface area (Å²) in [5, 5.41) is 0. The van der Waals surface area contributed by atoms with Crippen molar-refractivity contribution in [3.8, 4) is 11.6 Å². The zero-order valence-corrected chi connectivity index (χ0v) is 17.4. The number of methoxy groups -OCH3 is 1. The van der Waals surface area contributed by atoms with Crippen LogP contribution in [-0.2, 0) is 11.2 Å². The van der Waals surface area contributed by atoms with E-state index in [0.29, 0.717) is 25.3 Å². The average Bonchev–Trinajstić information content (AvgIpc) is 3.33. The molecule has 156 valence electrons. The SMILES string of the molecule is COc1ccc(CCC(=O)N2CCN(c3cc(-n4ccnc4)nc(C)n3)CC2)cc1. The second-order valence-electron chi connectivity index (χ2n) is 7.32. The number of nitrogens with zero attached hydrogens (tertiary/aromatic N) is 6. The lowest BCUT2D eigenvalue weighted by atomic mass is 10.1. The van der Waals surface area contributed by atoms with Crippen LogP contribution in [0.15, 0.2) is 49.1 Å². The first-order valence-corrected chi connectivity index (χ1v) is 10.1. The number of carbonyl (C=O) groups is 1. The molecule has 2 aromatic heterocycles. The molecule has 0 bridgehead atoms. The number of hydrogen-bond donors (Lipinski definition) is 0. The Morgan fingerprint density at radius 1 is 1.07 bits per heavy atom. The van der Waals surface area contributed by atoms with E-state index in [4.69, 9.17) is 4.74 Å². The van der Waals surface area contributed by atoms with E-state index in [9.17, 15) is 4.79 Å². The average molecular weight is 406 g/mol. The molecule has 0 unspecified atom stereocenters. The molecule has 30 heavy (non-hydrogen) atoms. The fourth-order valence-corrected chi connectivity index (χ4v) is 3.61. The van der Waals surface area contributed by atoms with Crippen molar-refractivity contribution in [2.75, 3.05) is 38.2 Å². The Morgan fingerprint density at radius 3 is 2.47 bits per heavy atom. The lowest BCUT2D eigenvalue weighted by Crippen LogP contribution is -2.49. The van der Waals surface area contributed by atoms with Crippen molar-refractivity contribution in [1.29, 1.82) is 0 Å². The number of amides is 1.